The number of anilines is 1. The van der Waals surface area contributed by atoms with E-state index in [0.29, 0.717) is 6.04 Å². The van der Waals surface area contributed by atoms with Crippen LogP contribution in [0.15, 0.2) is 24.3 Å². The van der Waals surface area contributed by atoms with Gasteiger partial charge in [0.15, 0.2) is 0 Å². The van der Waals surface area contributed by atoms with Crippen molar-refractivity contribution in [2.45, 2.75) is 50.6 Å². The van der Waals surface area contributed by atoms with Crippen LogP contribution in [0.2, 0.25) is 0 Å². The molecule has 1 atom stereocenters. The fourth-order valence-electron chi connectivity index (χ4n) is 2.82. The smallest absolute Gasteiger partial charge is 0.0375 e. The van der Waals surface area contributed by atoms with Gasteiger partial charge in [-0.2, -0.15) is 0 Å². The molecule has 0 spiro atoms. The highest BCUT2D eigenvalue weighted by molar-refractivity contribution is 5.56. The van der Waals surface area contributed by atoms with Gasteiger partial charge in [-0.1, -0.05) is 24.6 Å². The Morgan fingerprint density at radius 3 is 2.88 bits per heavy atom. The molecule has 0 amide bonds. The summed E-state index contributed by atoms with van der Waals surface area (Å²) in [5, 5.41) is 7.26. The van der Waals surface area contributed by atoms with Crippen LogP contribution >= 0.6 is 0 Å². The first-order valence-corrected chi connectivity index (χ1v) is 6.99. The maximum Gasteiger partial charge on any atom is 0.0375 e. The molecule has 2 N–H and O–H groups in total. The standard InChI is InChI=1S/C15H22N2/c1-2-9-15-12(5-1)11-14(17-15)8-4-10-16-13-6-3-7-13/h1-2,5,9,13-14,16-17H,3-4,6-8,10-11H2. The lowest BCUT2D eigenvalue weighted by Gasteiger charge is -2.26. The summed E-state index contributed by atoms with van der Waals surface area (Å²) in [7, 11) is 0. The molecule has 92 valence electrons. The molecule has 1 unspecified atom stereocenters. The van der Waals surface area contributed by atoms with E-state index in [1.165, 1.54) is 56.3 Å². The summed E-state index contributed by atoms with van der Waals surface area (Å²) in [6.07, 6.45) is 8.01. The van der Waals surface area contributed by atoms with Crippen molar-refractivity contribution < 1.29 is 0 Å². The number of hydrogen-bond acceptors (Lipinski definition) is 2. The first kappa shape index (κ1) is 11.1. The van der Waals surface area contributed by atoms with E-state index < -0.39 is 0 Å². The molecule has 2 heteroatoms. The van der Waals surface area contributed by atoms with Crippen molar-refractivity contribution in [3.63, 3.8) is 0 Å². The predicted molar refractivity (Wildman–Crippen MR) is 72.4 cm³/mol. The third-order valence-corrected chi connectivity index (χ3v) is 4.11. The number of para-hydroxylation sites is 1. The SMILES string of the molecule is c1ccc2c(c1)CC(CCCNC1CCC1)N2. The van der Waals surface area contributed by atoms with E-state index in [4.69, 9.17) is 0 Å². The minimum absolute atomic E-state index is 0.663. The zero-order valence-corrected chi connectivity index (χ0v) is 10.4. The number of hydrogen-bond donors (Lipinski definition) is 2. The van der Waals surface area contributed by atoms with Gasteiger partial charge in [0.05, 0.1) is 0 Å². The predicted octanol–water partition coefficient (Wildman–Crippen LogP) is 2.95. The Bertz CT molecular complexity index is 346. The van der Waals surface area contributed by atoms with Gasteiger partial charge in [0.25, 0.3) is 0 Å². The summed E-state index contributed by atoms with van der Waals surface area (Å²) >= 11 is 0. The Hall–Kier alpha value is -1.02. The van der Waals surface area contributed by atoms with Gasteiger partial charge in [-0.05, 0) is 50.3 Å². The summed E-state index contributed by atoms with van der Waals surface area (Å²) in [4.78, 5) is 0. The molecule has 1 heterocycles. The zero-order chi connectivity index (χ0) is 11.5. The molecule has 1 fully saturated rings. The Morgan fingerprint density at radius 2 is 2.12 bits per heavy atom. The van der Waals surface area contributed by atoms with Gasteiger partial charge < -0.3 is 10.6 Å². The molecule has 1 aromatic carbocycles. The third-order valence-electron chi connectivity index (χ3n) is 4.11. The van der Waals surface area contributed by atoms with Crippen LogP contribution in [0.1, 0.15) is 37.7 Å². The highest BCUT2D eigenvalue weighted by Gasteiger charge is 2.20. The summed E-state index contributed by atoms with van der Waals surface area (Å²) in [6.45, 7) is 1.19. The molecule has 1 aromatic rings. The number of nitrogens with one attached hydrogen (secondary N) is 2. The van der Waals surface area contributed by atoms with Gasteiger partial charge in [-0.15, -0.1) is 0 Å². The van der Waals surface area contributed by atoms with E-state index in [9.17, 15) is 0 Å². The van der Waals surface area contributed by atoms with Crippen molar-refractivity contribution in [1.82, 2.24) is 5.32 Å². The fraction of sp³-hybridized carbons (Fsp3) is 0.600. The van der Waals surface area contributed by atoms with E-state index in [1.807, 2.05) is 0 Å². The van der Waals surface area contributed by atoms with Crippen LogP contribution in [0.3, 0.4) is 0 Å². The number of rotatable bonds is 5. The summed E-state index contributed by atoms with van der Waals surface area (Å²) in [6, 6.07) is 10.2. The molecular weight excluding hydrogens is 208 g/mol. The van der Waals surface area contributed by atoms with Crippen molar-refractivity contribution in [2.75, 3.05) is 11.9 Å². The van der Waals surface area contributed by atoms with E-state index in [1.54, 1.807) is 0 Å². The molecule has 0 aromatic heterocycles. The van der Waals surface area contributed by atoms with Gasteiger partial charge in [-0.25, -0.2) is 0 Å². The van der Waals surface area contributed by atoms with Crippen LogP contribution in [0, 0.1) is 0 Å². The second-order valence-electron chi connectivity index (χ2n) is 5.43. The second kappa shape index (κ2) is 5.09. The van der Waals surface area contributed by atoms with Crippen molar-refractivity contribution >= 4 is 5.69 Å². The molecule has 1 aliphatic heterocycles. The highest BCUT2D eigenvalue weighted by atomic mass is 15.0. The first-order chi connectivity index (χ1) is 8.42. The van der Waals surface area contributed by atoms with Gasteiger partial charge in [0.1, 0.15) is 0 Å². The van der Waals surface area contributed by atoms with E-state index in [0.717, 1.165) is 6.04 Å². The molecule has 2 nitrogen and oxygen atoms in total. The monoisotopic (exact) mass is 230 g/mol. The molecule has 0 radical (unpaired) electrons. The van der Waals surface area contributed by atoms with Gasteiger partial charge in [-0.3, -0.25) is 0 Å². The normalized spacial score (nSPS) is 22.9. The zero-order valence-electron chi connectivity index (χ0n) is 10.4. The molecule has 1 aliphatic carbocycles. The van der Waals surface area contributed by atoms with E-state index in [-0.39, 0.29) is 0 Å². The Kier molecular flexibility index (Phi) is 3.32. The molecule has 3 rings (SSSR count). The van der Waals surface area contributed by atoms with Crippen LogP contribution < -0.4 is 10.6 Å². The molecule has 2 aliphatic rings. The molecule has 17 heavy (non-hydrogen) atoms. The summed E-state index contributed by atoms with van der Waals surface area (Å²) < 4.78 is 0. The van der Waals surface area contributed by atoms with Gasteiger partial charge >= 0.3 is 0 Å². The largest absolute Gasteiger partial charge is 0.382 e. The number of benzene rings is 1. The Balaban J connectivity index is 1.37. The summed E-state index contributed by atoms with van der Waals surface area (Å²) in [5.41, 5.74) is 2.84. The Labute approximate surface area is 104 Å². The average Bonchev–Trinajstić information content (AvgIpc) is 2.68. The van der Waals surface area contributed by atoms with Crippen LogP contribution in [0.25, 0.3) is 0 Å². The minimum Gasteiger partial charge on any atom is -0.382 e. The lowest BCUT2D eigenvalue weighted by molar-refractivity contribution is 0.336. The molecular formula is C15H22N2. The lowest BCUT2D eigenvalue weighted by atomic mass is 9.93. The Morgan fingerprint density at radius 1 is 1.24 bits per heavy atom. The van der Waals surface area contributed by atoms with Crippen molar-refractivity contribution in [2.24, 2.45) is 0 Å². The van der Waals surface area contributed by atoms with E-state index >= 15 is 0 Å². The van der Waals surface area contributed by atoms with Crippen LogP contribution in [0.5, 0.6) is 0 Å². The fourth-order valence-corrected chi connectivity index (χ4v) is 2.82. The molecule has 0 saturated heterocycles. The summed E-state index contributed by atoms with van der Waals surface area (Å²) in [5.74, 6) is 0. The maximum atomic E-state index is 3.64. The third kappa shape index (κ3) is 2.63. The van der Waals surface area contributed by atoms with Crippen molar-refractivity contribution in [3.8, 4) is 0 Å². The van der Waals surface area contributed by atoms with E-state index in [2.05, 4.69) is 34.9 Å². The van der Waals surface area contributed by atoms with Crippen LogP contribution in [-0.2, 0) is 6.42 Å². The van der Waals surface area contributed by atoms with Gasteiger partial charge in [0.2, 0.25) is 0 Å². The average molecular weight is 230 g/mol. The number of fused-ring (bicyclic) bond motifs is 1. The maximum absolute atomic E-state index is 3.64. The minimum atomic E-state index is 0.663. The molecule has 0 bridgehead atoms. The van der Waals surface area contributed by atoms with Crippen LogP contribution in [-0.4, -0.2) is 18.6 Å². The lowest BCUT2D eigenvalue weighted by Crippen LogP contribution is -2.36. The first-order valence-electron chi connectivity index (χ1n) is 6.99. The topological polar surface area (TPSA) is 24.1 Å². The second-order valence-corrected chi connectivity index (χ2v) is 5.43. The van der Waals surface area contributed by atoms with Crippen LogP contribution in [0.4, 0.5) is 5.69 Å². The van der Waals surface area contributed by atoms with Crippen molar-refractivity contribution in [3.05, 3.63) is 29.8 Å². The van der Waals surface area contributed by atoms with Crippen molar-refractivity contribution in [1.29, 1.82) is 0 Å². The highest BCUT2D eigenvalue weighted by Crippen LogP contribution is 2.27. The van der Waals surface area contributed by atoms with Gasteiger partial charge in [0, 0.05) is 17.8 Å². The molecule has 1 saturated carbocycles. The quantitative estimate of drug-likeness (QED) is 0.760.